The molecule has 0 aliphatic carbocycles. The highest BCUT2D eigenvalue weighted by Crippen LogP contribution is 2.50. The van der Waals surface area contributed by atoms with Crippen molar-refractivity contribution >= 4 is 22.9 Å². The molecule has 7 nitrogen and oxygen atoms in total. The van der Waals surface area contributed by atoms with E-state index in [2.05, 4.69) is 44.6 Å². The van der Waals surface area contributed by atoms with E-state index in [1.165, 1.54) is 0 Å². The Labute approximate surface area is 157 Å². The van der Waals surface area contributed by atoms with Crippen molar-refractivity contribution in [3.63, 3.8) is 0 Å². The van der Waals surface area contributed by atoms with E-state index in [1.54, 1.807) is 10.8 Å². The van der Waals surface area contributed by atoms with Crippen LogP contribution in [0, 0.1) is 6.92 Å². The van der Waals surface area contributed by atoms with Crippen molar-refractivity contribution in [3.05, 3.63) is 47.9 Å². The predicted molar refractivity (Wildman–Crippen MR) is 103 cm³/mol. The normalized spacial score (nSPS) is 24.0. The Hall–Kier alpha value is -2.96. The molecule has 0 saturated carbocycles. The Kier molecular flexibility index (Phi) is 3.47. The number of aryl methyl sites for hydroxylation is 1. The lowest BCUT2D eigenvalue weighted by Crippen LogP contribution is -2.47. The van der Waals surface area contributed by atoms with Gasteiger partial charge in [-0.2, -0.15) is 9.61 Å². The lowest BCUT2D eigenvalue weighted by atomic mass is 9.73. The summed E-state index contributed by atoms with van der Waals surface area (Å²) in [4.78, 5) is 15.6. The first-order valence-corrected chi connectivity index (χ1v) is 9.50. The van der Waals surface area contributed by atoms with Gasteiger partial charge >= 0.3 is 0 Å². The molecular formula is C20H22N6O. The van der Waals surface area contributed by atoms with Crippen molar-refractivity contribution in [1.29, 1.82) is 0 Å². The van der Waals surface area contributed by atoms with Gasteiger partial charge < -0.3 is 10.2 Å². The summed E-state index contributed by atoms with van der Waals surface area (Å²) in [5.74, 6) is 0.118. The van der Waals surface area contributed by atoms with E-state index in [9.17, 15) is 4.79 Å². The molecule has 138 valence electrons. The van der Waals surface area contributed by atoms with Crippen LogP contribution in [0.25, 0.3) is 5.65 Å². The molecule has 1 saturated heterocycles. The molecule has 2 aliphatic rings. The van der Waals surface area contributed by atoms with Crippen molar-refractivity contribution in [2.75, 3.05) is 16.8 Å². The van der Waals surface area contributed by atoms with Gasteiger partial charge in [-0.05, 0) is 37.5 Å². The fourth-order valence-electron chi connectivity index (χ4n) is 4.91. The van der Waals surface area contributed by atoms with Crippen LogP contribution in [0.15, 0.2) is 36.7 Å². The number of aromatic nitrogens is 4. The topological polar surface area (TPSA) is 75.4 Å². The number of carbonyl (C=O) groups excluding carboxylic acids is 1. The van der Waals surface area contributed by atoms with Crippen molar-refractivity contribution in [1.82, 2.24) is 19.8 Å². The van der Waals surface area contributed by atoms with Crippen LogP contribution in [0.2, 0.25) is 0 Å². The molecule has 1 N–H and O–H groups in total. The Morgan fingerprint density at radius 2 is 2.19 bits per heavy atom. The van der Waals surface area contributed by atoms with Crippen LogP contribution in [-0.2, 0) is 10.2 Å². The molecule has 0 bridgehead atoms. The Morgan fingerprint density at radius 1 is 1.33 bits per heavy atom. The Morgan fingerprint density at radius 3 is 3.04 bits per heavy atom. The van der Waals surface area contributed by atoms with Crippen molar-refractivity contribution < 1.29 is 4.79 Å². The van der Waals surface area contributed by atoms with Gasteiger partial charge in [0.25, 0.3) is 0 Å². The van der Waals surface area contributed by atoms with Gasteiger partial charge in [0.2, 0.25) is 11.6 Å². The maximum Gasteiger partial charge on any atom is 0.237 e. The van der Waals surface area contributed by atoms with E-state index in [1.807, 2.05) is 25.1 Å². The van der Waals surface area contributed by atoms with Gasteiger partial charge in [-0.3, -0.25) is 4.79 Å². The smallest absolute Gasteiger partial charge is 0.237 e. The molecule has 7 heteroatoms. The van der Waals surface area contributed by atoms with Crippen LogP contribution in [0.3, 0.4) is 0 Å². The highest BCUT2D eigenvalue weighted by atomic mass is 16.2. The zero-order chi connectivity index (χ0) is 18.6. The zero-order valence-electron chi connectivity index (χ0n) is 15.5. The van der Waals surface area contributed by atoms with Gasteiger partial charge in [0, 0.05) is 18.3 Å². The quantitative estimate of drug-likeness (QED) is 0.775. The van der Waals surface area contributed by atoms with E-state index in [0.29, 0.717) is 0 Å². The number of hydrogen-bond acceptors (Lipinski definition) is 5. The summed E-state index contributed by atoms with van der Waals surface area (Å²) in [6, 6.07) is 10.2. The summed E-state index contributed by atoms with van der Waals surface area (Å²) >= 11 is 0. The average Bonchev–Trinajstić information content (AvgIpc) is 3.34. The predicted octanol–water partition coefficient (Wildman–Crippen LogP) is 2.70. The number of para-hydroxylation sites is 1. The number of rotatable bonds is 3. The summed E-state index contributed by atoms with van der Waals surface area (Å²) in [5, 5.41) is 15.9. The first-order chi connectivity index (χ1) is 13.1. The van der Waals surface area contributed by atoms with Gasteiger partial charge in [0.1, 0.15) is 6.33 Å². The van der Waals surface area contributed by atoms with Crippen LogP contribution in [0.1, 0.15) is 37.4 Å². The molecule has 1 aromatic carbocycles. The molecular weight excluding hydrogens is 340 g/mol. The van der Waals surface area contributed by atoms with Crippen molar-refractivity contribution in [3.8, 4) is 0 Å². The third-order valence-electron chi connectivity index (χ3n) is 6.00. The first kappa shape index (κ1) is 16.2. The summed E-state index contributed by atoms with van der Waals surface area (Å²) in [6.07, 6.45) is 4.36. The molecule has 0 radical (unpaired) electrons. The van der Waals surface area contributed by atoms with Gasteiger partial charge in [-0.15, -0.1) is 10.2 Å². The molecule has 3 aromatic rings. The number of carbonyl (C=O) groups is 1. The summed E-state index contributed by atoms with van der Waals surface area (Å²) in [7, 11) is 0. The standard InChI is InChI=1S/C20H22N6O/c1-3-6-17-20(14-7-4-5-8-15(14)22-19(20)27)9-10-25(17)16-11-13(2)24-26-12-21-23-18(16)26/h4-5,7-8,11-12,17H,3,6,9-10H2,1-2H3,(H,22,27)/t17-,20+/m0/s1. The van der Waals surface area contributed by atoms with Gasteiger partial charge in [0.05, 0.1) is 16.8 Å². The number of anilines is 2. The minimum atomic E-state index is -0.513. The zero-order valence-corrected chi connectivity index (χ0v) is 15.5. The third kappa shape index (κ3) is 2.14. The van der Waals surface area contributed by atoms with Gasteiger partial charge in [-0.1, -0.05) is 31.5 Å². The van der Waals surface area contributed by atoms with E-state index in [4.69, 9.17) is 0 Å². The SMILES string of the molecule is CCC[C@@H]1N(c2cc(C)nn3cnnc23)CC[C@]12C(=O)Nc1ccccc12. The largest absolute Gasteiger partial charge is 0.364 e. The summed E-state index contributed by atoms with van der Waals surface area (Å²) in [6.45, 7) is 4.95. The second-order valence-electron chi connectivity index (χ2n) is 7.49. The van der Waals surface area contributed by atoms with Crippen LogP contribution < -0.4 is 10.2 Å². The van der Waals surface area contributed by atoms with E-state index in [-0.39, 0.29) is 11.9 Å². The Bertz CT molecular complexity index is 1040. The lowest BCUT2D eigenvalue weighted by Gasteiger charge is -2.35. The molecule has 1 fully saturated rings. The minimum Gasteiger partial charge on any atom is -0.364 e. The number of nitrogens with one attached hydrogen (secondary N) is 1. The van der Waals surface area contributed by atoms with Crippen LogP contribution in [0.4, 0.5) is 11.4 Å². The molecule has 5 rings (SSSR count). The Balaban J connectivity index is 1.68. The third-order valence-corrected chi connectivity index (χ3v) is 6.00. The molecule has 2 atom stereocenters. The number of amides is 1. The maximum atomic E-state index is 13.2. The van der Waals surface area contributed by atoms with Crippen LogP contribution in [-0.4, -0.2) is 38.3 Å². The van der Waals surface area contributed by atoms with Crippen molar-refractivity contribution in [2.45, 2.75) is 44.6 Å². The average molecular weight is 362 g/mol. The molecule has 1 spiro atoms. The second-order valence-corrected chi connectivity index (χ2v) is 7.49. The molecule has 2 aromatic heterocycles. The second kappa shape index (κ2) is 5.77. The molecule has 2 aliphatic heterocycles. The fourth-order valence-corrected chi connectivity index (χ4v) is 4.91. The van der Waals surface area contributed by atoms with Crippen LogP contribution in [0.5, 0.6) is 0 Å². The lowest BCUT2D eigenvalue weighted by molar-refractivity contribution is -0.121. The minimum absolute atomic E-state index is 0.0773. The van der Waals surface area contributed by atoms with Gasteiger partial charge in [0.15, 0.2) is 0 Å². The highest BCUT2D eigenvalue weighted by Gasteiger charge is 2.57. The van der Waals surface area contributed by atoms with E-state index in [0.717, 1.165) is 54.1 Å². The van der Waals surface area contributed by atoms with Gasteiger partial charge in [-0.25, -0.2) is 0 Å². The maximum absolute atomic E-state index is 13.2. The monoisotopic (exact) mass is 362 g/mol. The summed E-state index contributed by atoms with van der Waals surface area (Å²) in [5.41, 5.74) is 4.21. The summed E-state index contributed by atoms with van der Waals surface area (Å²) < 4.78 is 1.72. The molecule has 4 heterocycles. The van der Waals surface area contributed by atoms with E-state index < -0.39 is 5.41 Å². The van der Waals surface area contributed by atoms with Crippen LogP contribution >= 0.6 is 0 Å². The highest BCUT2D eigenvalue weighted by molar-refractivity contribution is 6.07. The van der Waals surface area contributed by atoms with Crippen molar-refractivity contribution in [2.24, 2.45) is 0 Å². The number of fused-ring (bicyclic) bond motifs is 3. The first-order valence-electron chi connectivity index (χ1n) is 9.50. The molecule has 1 amide bonds. The fraction of sp³-hybridized carbons (Fsp3) is 0.400. The van der Waals surface area contributed by atoms with E-state index >= 15 is 0 Å². The number of benzene rings is 1. The number of hydrogen-bond donors (Lipinski definition) is 1. The molecule has 0 unspecified atom stereocenters. The number of nitrogens with zero attached hydrogens (tertiary/aromatic N) is 5. The molecule has 27 heavy (non-hydrogen) atoms.